The topological polar surface area (TPSA) is 89.1 Å². The average molecular weight is 413 g/mol. The Hall–Kier alpha value is -3.42. The van der Waals surface area contributed by atoms with E-state index in [1.807, 2.05) is 20.8 Å². The fourth-order valence-corrected chi connectivity index (χ4v) is 3.21. The van der Waals surface area contributed by atoms with Gasteiger partial charge in [0.1, 0.15) is 23.9 Å². The zero-order valence-electron chi connectivity index (χ0n) is 17.9. The van der Waals surface area contributed by atoms with Crippen LogP contribution >= 0.6 is 0 Å². The third kappa shape index (κ3) is 4.42. The van der Waals surface area contributed by atoms with E-state index in [1.165, 1.54) is 0 Å². The molecule has 2 aromatic rings. The van der Waals surface area contributed by atoms with Crippen molar-refractivity contribution in [1.29, 1.82) is 0 Å². The van der Waals surface area contributed by atoms with Crippen LogP contribution in [0.4, 0.5) is 21.9 Å². The van der Waals surface area contributed by atoms with E-state index in [0.29, 0.717) is 47.5 Å². The minimum Gasteiger partial charge on any atom is -0.497 e. The number of fused-ring (bicyclic) bond motifs is 1. The van der Waals surface area contributed by atoms with Gasteiger partial charge in [-0.1, -0.05) is 0 Å². The molecule has 0 radical (unpaired) electrons. The van der Waals surface area contributed by atoms with Crippen LogP contribution in [-0.2, 0) is 4.79 Å². The van der Waals surface area contributed by atoms with Gasteiger partial charge in [-0.15, -0.1) is 0 Å². The van der Waals surface area contributed by atoms with Gasteiger partial charge >= 0.3 is 6.03 Å². The Balaban J connectivity index is 1.80. The molecule has 1 aliphatic heterocycles. The number of carbonyl (C=O) groups excluding carboxylic acids is 2. The molecule has 2 N–H and O–H groups in total. The average Bonchev–Trinajstić information content (AvgIpc) is 2.81. The van der Waals surface area contributed by atoms with Crippen LogP contribution in [0.25, 0.3) is 0 Å². The summed E-state index contributed by atoms with van der Waals surface area (Å²) in [5, 5.41) is 5.55. The van der Waals surface area contributed by atoms with Gasteiger partial charge in [-0.05, 0) is 39.0 Å². The highest BCUT2D eigenvalue weighted by Crippen LogP contribution is 2.38. The van der Waals surface area contributed by atoms with E-state index in [0.717, 1.165) is 0 Å². The Bertz CT molecular complexity index is 936. The van der Waals surface area contributed by atoms with E-state index in [2.05, 4.69) is 10.6 Å². The lowest BCUT2D eigenvalue weighted by atomic mass is 9.93. The van der Waals surface area contributed by atoms with E-state index in [1.54, 1.807) is 55.5 Å². The lowest BCUT2D eigenvalue weighted by molar-refractivity contribution is -0.127. The lowest BCUT2D eigenvalue weighted by Gasteiger charge is -2.27. The highest BCUT2D eigenvalue weighted by Gasteiger charge is 2.37. The van der Waals surface area contributed by atoms with Crippen molar-refractivity contribution in [1.82, 2.24) is 0 Å². The van der Waals surface area contributed by atoms with Crippen LogP contribution in [0.3, 0.4) is 0 Å². The van der Waals surface area contributed by atoms with Crippen molar-refractivity contribution >= 4 is 29.0 Å². The van der Waals surface area contributed by atoms with Crippen molar-refractivity contribution in [2.24, 2.45) is 5.41 Å². The first-order valence-corrected chi connectivity index (χ1v) is 9.67. The van der Waals surface area contributed by atoms with Gasteiger partial charge in [-0.25, -0.2) is 4.79 Å². The molecule has 3 amide bonds. The maximum Gasteiger partial charge on any atom is 0.323 e. The fourth-order valence-electron chi connectivity index (χ4n) is 3.21. The van der Waals surface area contributed by atoms with Crippen molar-refractivity contribution in [2.45, 2.75) is 20.8 Å². The highest BCUT2D eigenvalue weighted by molar-refractivity contribution is 6.02. The van der Waals surface area contributed by atoms with Crippen LogP contribution < -0.4 is 29.7 Å². The summed E-state index contributed by atoms with van der Waals surface area (Å²) in [5.74, 6) is 1.71. The largest absolute Gasteiger partial charge is 0.497 e. The van der Waals surface area contributed by atoms with Crippen LogP contribution in [0.1, 0.15) is 20.8 Å². The number of amides is 3. The lowest BCUT2D eigenvalue weighted by Crippen LogP contribution is -2.42. The molecule has 0 aromatic heterocycles. The van der Waals surface area contributed by atoms with Crippen molar-refractivity contribution in [3.63, 3.8) is 0 Å². The van der Waals surface area contributed by atoms with E-state index < -0.39 is 11.4 Å². The number of nitrogens with zero attached hydrogens (tertiary/aromatic N) is 1. The summed E-state index contributed by atoms with van der Waals surface area (Å²) >= 11 is 0. The zero-order valence-corrected chi connectivity index (χ0v) is 17.9. The van der Waals surface area contributed by atoms with Gasteiger partial charge in [0.2, 0.25) is 5.91 Å². The van der Waals surface area contributed by atoms with Gasteiger partial charge in [-0.2, -0.15) is 0 Å². The summed E-state index contributed by atoms with van der Waals surface area (Å²) in [6.45, 7) is 6.42. The summed E-state index contributed by atoms with van der Waals surface area (Å²) in [7, 11) is 3.08. The monoisotopic (exact) mass is 413 g/mol. The van der Waals surface area contributed by atoms with E-state index in [4.69, 9.17) is 14.2 Å². The molecule has 3 rings (SSSR count). The normalized spacial score (nSPS) is 14.8. The van der Waals surface area contributed by atoms with E-state index >= 15 is 0 Å². The molecular weight excluding hydrogens is 386 g/mol. The molecule has 1 aliphatic rings. The number of hydrogen-bond acceptors (Lipinski definition) is 5. The molecule has 2 aromatic carbocycles. The summed E-state index contributed by atoms with van der Waals surface area (Å²) in [6, 6.07) is 9.89. The second-order valence-electron chi connectivity index (χ2n) is 7.58. The molecule has 8 heteroatoms. The van der Waals surface area contributed by atoms with E-state index in [9.17, 15) is 9.59 Å². The third-order valence-corrected chi connectivity index (χ3v) is 4.85. The highest BCUT2D eigenvalue weighted by atomic mass is 16.5. The molecule has 30 heavy (non-hydrogen) atoms. The Morgan fingerprint density at radius 2 is 1.70 bits per heavy atom. The Labute approximate surface area is 176 Å². The van der Waals surface area contributed by atoms with Crippen LogP contribution in [0, 0.1) is 5.41 Å². The molecule has 0 unspecified atom stereocenters. The van der Waals surface area contributed by atoms with E-state index in [-0.39, 0.29) is 5.91 Å². The number of benzene rings is 2. The summed E-state index contributed by atoms with van der Waals surface area (Å²) in [5.41, 5.74) is 1.06. The summed E-state index contributed by atoms with van der Waals surface area (Å²) < 4.78 is 16.3. The maximum absolute atomic E-state index is 12.9. The molecule has 0 saturated carbocycles. The minimum absolute atomic E-state index is 0.0196. The first kappa shape index (κ1) is 21.3. The number of ether oxygens (including phenoxy) is 3. The maximum atomic E-state index is 12.9. The minimum atomic E-state index is -0.634. The quantitative estimate of drug-likeness (QED) is 0.770. The second kappa shape index (κ2) is 8.52. The zero-order chi connectivity index (χ0) is 21.9. The smallest absolute Gasteiger partial charge is 0.323 e. The number of rotatable bonds is 5. The summed E-state index contributed by atoms with van der Waals surface area (Å²) in [6.07, 6.45) is 0. The number of hydrogen-bond donors (Lipinski definition) is 2. The Morgan fingerprint density at radius 1 is 1.07 bits per heavy atom. The number of anilines is 3. The SMILES string of the molecule is CCN1C(=O)C(C)(C)COc2ccc(NC(=O)Nc3cc(OC)cc(OC)c3)cc21. The molecule has 0 fully saturated rings. The number of urea groups is 1. The van der Waals surface area contributed by atoms with Crippen LogP contribution in [0.2, 0.25) is 0 Å². The second-order valence-corrected chi connectivity index (χ2v) is 7.58. The van der Waals surface area contributed by atoms with Gasteiger partial charge in [0.25, 0.3) is 0 Å². The summed E-state index contributed by atoms with van der Waals surface area (Å²) in [4.78, 5) is 27.1. The molecule has 0 aliphatic carbocycles. The molecule has 1 heterocycles. The van der Waals surface area contributed by atoms with Gasteiger partial charge in [-0.3, -0.25) is 4.79 Å². The Morgan fingerprint density at radius 3 is 2.30 bits per heavy atom. The van der Waals surface area contributed by atoms with Crippen molar-refractivity contribution in [3.05, 3.63) is 36.4 Å². The van der Waals surface area contributed by atoms with Crippen LogP contribution in [-0.4, -0.2) is 39.3 Å². The van der Waals surface area contributed by atoms with Crippen molar-refractivity contribution in [2.75, 3.05) is 42.9 Å². The molecule has 0 spiro atoms. The molecule has 0 bridgehead atoms. The number of nitrogens with one attached hydrogen (secondary N) is 2. The third-order valence-electron chi connectivity index (χ3n) is 4.85. The van der Waals surface area contributed by atoms with Crippen LogP contribution in [0.15, 0.2) is 36.4 Å². The molecule has 8 nitrogen and oxygen atoms in total. The predicted molar refractivity (Wildman–Crippen MR) is 116 cm³/mol. The predicted octanol–water partition coefficient (Wildman–Crippen LogP) is 4.12. The van der Waals surface area contributed by atoms with Gasteiger partial charge in [0, 0.05) is 36.1 Å². The molecule has 0 saturated heterocycles. The number of methoxy groups -OCH3 is 2. The van der Waals surface area contributed by atoms with Crippen molar-refractivity contribution in [3.8, 4) is 17.2 Å². The van der Waals surface area contributed by atoms with Crippen molar-refractivity contribution < 1.29 is 23.8 Å². The first-order chi connectivity index (χ1) is 14.3. The number of carbonyl (C=O) groups is 2. The van der Waals surface area contributed by atoms with Gasteiger partial charge in [0.15, 0.2) is 0 Å². The van der Waals surface area contributed by atoms with Gasteiger partial charge < -0.3 is 29.7 Å². The fraction of sp³-hybridized carbons (Fsp3) is 0.364. The molecule has 0 atom stereocenters. The molecule has 160 valence electrons. The van der Waals surface area contributed by atoms with Crippen LogP contribution in [0.5, 0.6) is 17.2 Å². The van der Waals surface area contributed by atoms with Gasteiger partial charge in [0.05, 0.1) is 25.3 Å². The standard InChI is InChI=1S/C22H27N3O5/c1-6-25-18-11-14(7-8-19(18)30-13-22(2,3)20(25)26)23-21(27)24-15-9-16(28-4)12-17(10-15)29-5/h7-12H,6,13H2,1-5H3,(H2,23,24,27). The molecular formula is C22H27N3O5. The first-order valence-electron chi connectivity index (χ1n) is 9.67. The Kier molecular flexibility index (Phi) is 6.05.